The highest BCUT2D eigenvalue weighted by molar-refractivity contribution is 7.89. The molecule has 1 aromatic carbocycles. The predicted molar refractivity (Wildman–Crippen MR) is 104 cm³/mol. The first-order chi connectivity index (χ1) is 12.8. The van der Waals surface area contributed by atoms with Crippen molar-refractivity contribution in [3.05, 3.63) is 29.8 Å². The summed E-state index contributed by atoms with van der Waals surface area (Å²) in [5.41, 5.74) is 1.00. The van der Waals surface area contributed by atoms with Gasteiger partial charge in [0.2, 0.25) is 10.0 Å². The predicted octanol–water partition coefficient (Wildman–Crippen LogP) is 0.590. The lowest BCUT2D eigenvalue weighted by atomic mass is 9.99. The van der Waals surface area contributed by atoms with E-state index < -0.39 is 10.0 Å². The van der Waals surface area contributed by atoms with Gasteiger partial charge in [0.25, 0.3) is 0 Å². The Kier molecular flexibility index (Phi) is 7.20. The van der Waals surface area contributed by atoms with E-state index in [0.29, 0.717) is 25.6 Å². The summed E-state index contributed by atoms with van der Waals surface area (Å²) in [5.74, 6) is 0.402. The number of aryl methyl sites for hydroxylation is 1. The zero-order valence-corrected chi connectivity index (χ0v) is 17.0. The summed E-state index contributed by atoms with van der Waals surface area (Å²) in [5, 5.41) is 3.14. The maximum Gasteiger partial charge on any atom is 0.310 e. The molecule has 2 N–H and O–H groups in total. The van der Waals surface area contributed by atoms with Crippen molar-refractivity contribution in [3.63, 3.8) is 0 Å². The summed E-state index contributed by atoms with van der Waals surface area (Å²) in [4.78, 5) is 18.3. The average molecular weight is 397 g/mol. The van der Waals surface area contributed by atoms with Crippen LogP contribution in [0.3, 0.4) is 0 Å². The molecule has 0 aromatic heterocycles. The van der Waals surface area contributed by atoms with E-state index in [9.17, 15) is 13.2 Å². The Labute approximate surface area is 161 Å². The smallest absolute Gasteiger partial charge is 0.310 e. The average Bonchev–Trinajstić information content (AvgIpc) is 3.03. The Bertz CT molecular complexity index is 777. The van der Waals surface area contributed by atoms with Gasteiger partial charge in [-0.25, -0.2) is 13.1 Å². The minimum absolute atomic E-state index is 0.163. The molecule has 1 heterocycles. The van der Waals surface area contributed by atoms with E-state index >= 15 is 0 Å². The largest absolute Gasteiger partial charge is 0.469 e. The van der Waals surface area contributed by atoms with Crippen LogP contribution in [0, 0.1) is 18.8 Å². The lowest BCUT2D eigenvalue weighted by Gasteiger charge is -2.21. The van der Waals surface area contributed by atoms with E-state index in [4.69, 9.17) is 4.74 Å². The van der Waals surface area contributed by atoms with Gasteiger partial charge >= 0.3 is 5.97 Å². The number of benzene rings is 1. The normalized spacial score (nSPS) is 20.6. The number of esters is 1. The number of ether oxygens (including phenoxy) is 1. The molecular weight excluding hydrogens is 368 g/mol. The van der Waals surface area contributed by atoms with Crippen LogP contribution in [0.5, 0.6) is 0 Å². The maximum absolute atomic E-state index is 12.3. The first kappa shape index (κ1) is 21.2. The second-order valence-corrected chi connectivity index (χ2v) is 8.46. The minimum atomic E-state index is -3.54. The third-order valence-electron chi connectivity index (χ3n) is 4.66. The molecule has 1 aliphatic heterocycles. The van der Waals surface area contributed by atoms with Gasteiger partial charge in [-0.15, -0.1) is 0 Å². The van der Waals surface area contributed by atoms with Crippen molar-refractivity contribution in [1.29, 1.82) is 0 Å². The van der Waals surface area contributed by atoms with Crippen LogP contribution in [-0.4, -0.2) is 65.6 Å². The topological polar surface area (TPSA) is 100 Å². The van der Waals surface area contributed by atoms with E-state index in [-0.39, 0.29) is 29.2 Å². The first-order valence-electron chi connectivity index (χ1n) is 8.88. The van der Waals surface area contributed by atoms with Crippen LogP contribution >= 0.6 is 0 Å². The molecule has 2 rings (SSSR count). The second kappa shape index (κ2) is 9.18. The molecule has 0 amide bonds. The van der Waals surface area contributed by atoms with Gasteiger partial charge in [-0.3, -0.25) is 9.79 Å². The van der Waals surface area contributed by atoms with Crippen molar-refractivity contribution in [2.24, 2.45) is 16.8 Å². The Hall–Kier alpha value is -2.13. The number of hydrogen-bond donors (Lipinski definition) is 2. The Morgan fingerprint density at radius 2 is 1.93 bits per heavy atom. The van der Waals surface area contributed by atoms with Crippen LogP contribution in [-0.2, 0) is 19.6 Å². The van der Waals surface area contributed by atoms with Gasteiger partial charge in [0, 0.05) is 33.2 Å². The highest BCUT2D eigenvalue weighted by Gasteiger charge is 2.36. The van der Waals surface area contributed by atoms with Crippen molar-refractivity contribution in [2.45, 2.75) is 18.7 Å². The van der Waals surface area contributed by atoms with E-state index in [0.717, 1.165) is 5.56 Å². The van der Waals surface area contributed by atoms with Crippen LogP contribution < -0.4 is 10.0 Å². The summed E-state index contributed by atoms with van der Waals surface area (Å²) in [6.07, 6.45) is 0. The fraction of sp³-hybridized carbons (Fsp3) is 0.556. The third-order valence-corrected chi connectivity index (χ3v) is 6.14. The standard InChI is InChI=1S/C18H28N4O4S/c1-13-5-7-15(8-6-13)27(24,25)21-10-9-20-18(19-3)22-11-14(2)16(12-22)17(23)26-4/h5-8,14,16,21H,9-12H2,1-4H3,(H,19,20). The molecule has 2 atom stereocenters. The number of guanidine groups is 1. The highest BCUT2D eigenvalue weighted by Crippen LogP contribution is 2.23. The number of sulfonamides is 1. The summed E-state index contributed by atoms with van der Waals surface area (Å²) >= 11 is 0. The molecule has 150 valence electrons. The molecule has 1 fully saturated rings. The number of carbonyl (C=O) groups is 1. The van der Waals surface area contributed by atoms with Crippen LogP contribution in [0.15, 0.2) is 34.2 Å². The quantitative estimate of drug-likeness (QED) is 0.316. The van der Waals surface area contributed by atoms with E-state index in [1.54, 1.807) is 31.3 Å². The number of nitrogens with zero attached hydrogens (tertiary/aromatic N) is 2. The van der Waals surface area contributed by atoms with Gasteiger partial charge in [-0.05, 0) is 25.0 Å². The molecule has 1 aliphatic rings. The molecule has 1 aromatic rings. The lowest BCUT2D eigenvalue weighted by Crippen LogP contribution is -2.43. The Morgan fingerprint density at radius 3 is 2.52 bits per heavy atom. The van der Waals surface area contributed by atoms with E-state index in [2.05, 4.69) is 15.0 Å². The van der Waals surface area contributed by atoms with Crippen LogP contribution in [0.25, 0.3) is 0 Å². The monoisotopic (exact) mass is 396 g/mol. The summed E-state index contributed by atoms with van der Waals surface area (Å²) < 4.78 is 32.0. The van der Waals surface area contributed by atoms with Gasteiger partial charge < -0.3 is 15.0 Å². The van der Waals surface area contributed by atoms with E-state index in [1.165, 1.54) is 7.11 Å². The van der Waals surface area contributed by atoms with Crippen LogP contribution in [0.1, 0.15) is 12.5 Å². The molecule has 0 radical (unpaired) electrons. The molecule has 27 heavy (non-hydrogen) atoms. The summed E-state index contributed by atoms with van der Waals surface area (Å²) in [6.45, 7) is 5.73. The number of rotatable bonds is 6. The van der Waals surface area contributed by atoms with Crippen molar-refractivity contribution in [2.75, 3.05) is 40.3 Å². The molecule has 8 nitrogen and oxygen atoms in total. The number of methoxy groups -OCH3 is 1. The zero-order valence-electron chi connectivity index (χ0n) is 16.2. The van der Waals surface area contributed by atoms with Crippen LogP contribution in [0.2, 0.25) is 0 Å². The highest BCUT2D eigenvalue weighted by atomic mass is 32.2. The molecule has 0 spiro atoms. The minimum Gasteiger partial charge on any atom is -0.469 e. The molecule has 2 unspecified atom stereocenters. The molecule has 0 saturated carbocycles. The van der Waals surface area contributed by atoms with Gasteiger partial charge in [-0.2, -0.15) is 0 Å². The Balaban J connectivity index is 1.85. The fourth-order valence-electron chi connectivity index (χ4n) is 3.09. The van der Waals surface area contributed by atoms with Crippen molar-refractivity contribution in [3.8, 4) is 0 Å². The molecule has 0 aliphatic carbocycles. The van der Waals surface area contributed by atoms with Gasteiger partial charge in [0.05, 0.1) is 17.9 Å². The van der Waals surface area contributed by atoms with E-state index in [1.807, 2.05) is 18.7 Å². The number of likely N-dealkylation sites (tertiary alicyclic amines) is 1. The number of carbonyl (C=O) groups excluding carboxylic acids is 1. The second-order valence-electron chi connectivity index (χ2n) is 6.70. The van der Waals surface area contributed by atoms with Gasteiger partial charge in [0.1, 0.15) is 0 Å². The molecular formula is C18H28N4O4S. The third kappa shape index (κ3) is 5.43. The SMILES string of the molecule is CN=C(NCCNS(=O)(=O)c1ccc(C)cc1)N1CC(C)C(C(=O)OC)C1. The van der Waals surface area contributed by atoms with Crippen molar-refractivity contribution < 1.29 is 17.9 Å². The molecule has 9 heteroatoms. The lowest BCUT2D eigenvalue weighted by molar-refractivity contribution is -0.145. The number of nitrogens with one attached hydrogen (secondary N) is 2. The zero-order chi connectivity index (χ0) is 20.0. The molecule has 0 bridgehead atoms. The van der Waals surface area contributed by atoms with Crippen LogP contribution in [0.4, 0.5) is 0 Å². The van der Waals surface area contributed by atoms with Gasteiger partial charge in [0.15, 0.2) is 5.96 Å². The number of hydrogen-bond acceptors (Lipinski definition) is 5. The fourth-order valence-corrected chi connectivity index (χ4v) is 4.12. The molecule has 1 saturated heterocycles. The van der Waals surface area contributed by atoms with Gasteiger partial charge in [-0.1, -0.05) is 24.6 Å². The summed E-state index contributed by atoms with van der Waals surface area (Å²) in [7, 11) is -0.482. The first-order valence-corrected chi connectivity index (χ1v) is 10.4. The van der Waals surface area contributed by atoms with Crippen molar-refractivity contribution >= 4 is 22.0 Å². The number of aliphatic imine (C=N–C) groups is 1. The summed E-state index contributed by atoms with van der Waals surface area (Å²) in [6, 6.07) is 6.70. The van der Waals surface area contributed by atoms with Crippen molar-refractivity contribution in [1.82, 2.24) is 14.9 Å². The maximum atomic E-state index is 12.3. The Morgan fingerprint density at radius 1 is 1.26 bits per heavy atom.